The molecule has 2 aromatic carbocycles. The topological polar surface area (TPSA) is 9.23 Å². The third-order valence-electron chi connectivity index (χ3n) is 6.53. The van der Waals surface area contributed by atoms with Gasteiger partial charge in [-0.3, -0.25) is 0 Å². The fourth-order valence-electron chi connectivity index (χ4n) is 4.20. The number of ether oxygens (including phenoxy) is 1. The zero-order chi connectivity index (χ0) is 20.1. The van der Waals surface area contributed by atoms with E-state index in [1.807, 2.05) is 0 Å². The summed E-state index contributed by atoms with van der Waals surface area (Å²) in [6, 6.07) is 14.8. The molecule has 0 radical (unpaired) electrons. The molecule has 0 amide bonds. The molecule has 0 aromatic heterocycles. The largest absolute Gasteiger partial charge is 1.00 e. The maximum atomic E-state index is 5.94. The summed E-state index contributed by atoms with van der Waals surface area (Å²) >= 11 is 0. The van der Waals surface area contributed by atoms with Crippen LogP contribution in [0.5, 0.6) is 5.75 Å². The van der Waals surface area contributed by atoms with Crippen LogP contribution in [-0.2, 0) is 0 Å². The molecule has 2 nitrogen and oxygen atoms in total. The molecule has 0 fully saturated rings. The lowest BCUT2D eigenvalue weighted by molar-refractivity contribution is -0.923. The Hall–Kier alpha value is -0.810. The Morgan fingerprint density at radius 1 is 0.655 bits per heavy atom. The van der Waals surface area contributed by atoms with Gasteiger partial charge in [0.05, 0.1) is 32.8 Å². The average Bonchev–Trinajstić information content (AvgIpc) is 2.75. The second-order valence-electron chi connectivity index (χ2n) is 8.20. The van der Waals surface area contributed by atoms with Gasteiger partial charge in [-0.05, 0) is 62.9 Å². The smallest absolute Gasteiger partial charge is 0.119 e. The van der Waals surface area contributed by atoms with Gasteiger partial charge in [0.15, 0.2) is 0 Å². The molecule has 0 unspecified atom stereocenters. The molecule has 0 bridgehead atoms. The molecule has 0 heterocycles. The molecule has 0 aliphatic rings. The predicted octanol–water partition coefficient (Wildman–Crippen LogP) is 4.22. The van der Waals surface area contributed by atoms with Gasteiger partial charge in [0.1, 0.15) is 5.75 Å². The number of rotatable bonds is 15. The van der Waals surface area contributed by atoms with Gasteiger partial charge in [0.25, 0.3) is 0 Å². The van der Waals surface area contributed by atoms with E-state index >= 15 is 0 Å². The van der Waals surface area contributed by atoms with Gasteiger partial charge in [0, 0.05) is 0 Å². The summed E-state index contributed by atoms with van der Waals surface area (Å²) in [7, 11) is 0. The van der Waals surface area contributed by atoms with Crippen LogP contribution in [0.15, 0.2) is 42.5 Å². The summed E-state index contributed by atoms with van der Waals surface area (Å²) in [4.78, 5) is 0. The number of halogens is 1. The lowest BCUT2D eigenvalue weighted by Crippen LogP contribution is -3.00. The molecule has 0 saturated carbocycles. The van der Waals surface area contributed by atoms with Crippen LogP contribution < -0.4 is 28.7 Å². The van der Waals surface area contributed by atoms with Gasteiger partial charge in [-0.2, -0.15) is 0 Å². The van der Waals surface area contributed by atoms with Crippen LogP contribution >= 0.6 is 0 Å². The quantitative estimate of drug-likeness (QED) is 0.198. The first-order valence-electron chi connectivity index (χ1n) is 11.7. The molecule has 0 saturated heterocycles. The average molecular weight is 512 g/mol. The van der Waals surface area contributed by atoms with Crippen LogP contribution in [0.1, 0.15) is 72.1 Å². The number of hydrogen-bond donors (Lipinski definition) is 0. The van der Waals surface area contributed by atoms with Gasteiger partial charge in [0.2, 0.25) is 0 Å². The lowest BCUT2D eigenvalue weighted by Gasteiger charge is -2.35. The van der Waals surface area contributed by atoms with E-state index in [-0.39, 0.29) is 24.0 Å². The molecule has 0 spiro atoms. The van der Waals surface area contributed by atoms with Crippen LogP contribution in [0, 0.1) is 0 Å². The highest BCUT2D eigenvalue weighted by molar-refractivity contribution is 5.83. The van der Waals surface area contributed by atoms with E-state index < -0.39 is 0 Å². The minimum absolute atomic E-state index is 0. The van der Waals surface area contributed by atoms with E-state index in [1.54, 1.807) is 0 Å². The first-order valence-corrected chi connectivity index (χ1v) is 11.7. The SMILES string of the molecule is CC[N+](CC)(CC)CCCCCCCCCCOc1ccc2ccccc2c1.[I-]. The van der Waals surface area contributed by atoms with Crippen LogP contribution in [0.4, 0.5) is 0 Å². The van der Waals surface area contributed by atoms with Crippen molar-refractivity contribution in [2.24, 2.45) is 0 Å². The van der Waals surface area contributed by atoms with Crippen molar-refractivity contribution >= 4 is 10.8 Å². The molecule has 2 rings (SSSR count). The van der Waals surface area contributed by atoms with Crippen molar-refractivity contribution in [2.75, 3.05) is 32.8 Å². The number of fused-ring (bicyclic) bond motifs is 1. The molecule has 0 aliphatic heterocycles. The minimum Gasteiger partial charge on any atom is -1.00 e. The zero-order valence-electron chi connectivity index (χ0n) is 19.0. The third kappa shape index (κ3) is 9.25. The van der Waals surface area contributed by atoms with Gasteiger partial charge in [-0.25, -0.2) is 0 Å². The zero-order valence-corrected chi connectivity index (χ0v) is 21.1. The molecular formula is C26H42INO. The highest BCUT2D eigenvalue weighted by Crippen LogP contribution is 2.21. The number of hydrogen-bond acceptors (Lipinski definition) is 1. The Balaban J connectivity index is 0.00000420. The molecule has 29 heavy (non-hydrogen) atoms. The van der Waals surface area contributed by atoms with Crippen molar-refractivity contribution < 1.29 is 33.2 Å². The van der Waals surface area contributed by atoms with Crippen LogP contribution in [0.3, 0.4) is 0 Å². The molecule has 0 aliphatic carbocycles. The van der Waals surface area contributed by atoms with E-state index in [0.29, 0.717) is 0 Å². The van der Waals surface area contributed by atoms with Gasteiger partial charge >= 0.3 is 0 Å². The predicted molar refractivity (Wildman–Crippen MR) is 123 cm³/mol. The monoisotopic (exact) mass is 511 g/mol. The number of quaternary nitrogens is 1. The van der Waals surface area contributed by atoms with Gasteiger partial charge < -0.3 is 33.2 Å². The Labute approximate surface area is 196 Å². The maximum absolute atomic E-state index is 5.94. The normalized spacial score (nSPS) is 11.4. The van der Waals surface area contributed by atoms with Crippen LogP contribution in [0.25, 0.3) is 10.8 Å². The molecule has 3 heteroatoms. The van der Waals surface area contributed by atoms with E-state index in [0.717, 1.165) is 18.8 Å². The summed E-state index contributed by atoms with van der Waals surface area (Å²) in [5.41, 5.74) is 0. The van der Waals surface area contributed by atoms with Crippen molar-refractivity contribution in [2.45, 2.75) is 72.1 Å². The molecular weight excluding hydrogens is 469 g/mol. The highest BCUT2D eigenvalue weighted by atomic mass is 127. The Kier molecular flexibility index (Phi) is 13.6. The highest BCUT2D eigenvalue weighted by Gasteiger charge is 2.19. The second-order valence-corrected chi connectivity index (χ2v) is 8.20. The minimum atomic E-state index is 0. The molecule has 0 N–H and O–H groups in total. The van der Waals surface area contributed by atoms with Gasteiger partial charge in [-0.15, -0.1) is 0 Å². The first-order chi connectivity index (χ1) is 13.7. The van der Waals surface area contributed by atoms with Crippen molar-refractivity contribution in [1.29, 1.82) is 0 Å². The van der Waals surface area contributed by atoms with Crippen molar-refractivity contribution in [3.8, 4) is 5.75 Å². The fourth-order valence-corrected chi connectivity index (χ4v) is 4.20. The molecule has 164 valence electrons. The second kappa shape index (κ2) is 15.1. The van der Waals surface area contributed by atoms with Crippen molar-refractivity contribution in [3.63, 3.8) is 0 Å². The standard InChI is InChI=1S/C26H42NO.HI/c1-4-27(5-2,6-3)21-15-11-9-7-8-10-12-16-22-28-26-20-19-24-17-13-14-18-25(24)23-26;/h13-14,17-20,23H,4-12,15-16,21-22H2,1-3H3;1H/q+1;/p-1. The summed E-state index contributed by atoms with van der Waals surface area (Å²) in [6.07, 6.45) is 10.8. The summed E-state index contributed by atoms with van der Waals surface area (Å²) in [5.74, 6) is 0.999. The number of unbranched alkanes of at least 4 members (excludes halogenated alkanes) is 7. The van der Waals surface area contributed by atoms with E-state index in [2.05, 4.69) is 63.2 Å². The lowest BCUT2D eigenvalue weighted by atomic mass is 10.1. The van der Waals surface area contributed by atoms with Crippen LogP contribution in [-0.4, -0.2) is 37.3 Å². The van der Waals surface area contributed by atoms with Crippen molar-refractivity contribution in [3.05, 3.63) is 42.5 Å². The fraction of sp³-hybridized carbons (Fsp3) is 0.615. The number of nitrogens with zero attached hydrogens (tertiary/aromatic N) is 1. The van der Waals surface area contributed by atoms with E-state index in [1.165, 1.54) is 86.4 Å². The van der Waals surface area contributed by atoms with E-state index in [4.69, 9.17) is 4.74 Å². The van der Waals surface area contributed by atoms with Crippen LogP contribution in [0.2, 0.25) is 0 Å². The molecule has 2 aromatic rings. The van der Waals surface area contributed by atoms with Crippen molar-refractivity contribution in [1.82, 2.24) is 0 Å². The summed E-state index contributed by atoms with van der Waals surface area (Å²) in [5, 5.41) is 2.53. The maximum Gasteiger partial charge on any atom is 0.119 e. The number of benzene rings is 2. The van der Waals surface area contributed by atoms with Gasteiger partial charge in [-0.1, -0.05) is 62.4 Å². The third-order valence-corrected chi connectivity index (χ3v) is 6.53. The molecule has 0 atom stereocenters. The summed E-state index contributed by atoms with van der Waals surface area (Å²) < 4.78 is 7.24. The first kappa shape index (κ1) is 26.2. The Morgan fingerprint density at radius 3 is 1.83 bits per heavy atom. The van der Waals surface area contributed by atoms with E-state index in [9.17, 15) is 0 Å². The summed E-state index contributed by atoms with van der Waals surface area (Å²) in [6.45, 7) is 13.1. The Morgan fingerprint density at radius 2 is 1.21 bits per heavy atom. The Bertz CT molecular complexity index is 660.